The molecule has 0 aliphatic rings. The summed E-state index contributed by atoms with van der Waals surface area (Å²) in [5.74, 6) is -0.143. The van der Waals surface area contributed by atoms with Gasteiger partial charge in [-0.3, -0.25) is 4.79 Å². The number of ether oxygens (including phenoxy) is 1. The molecule has 0 saturated carbocycles. The van der Waals surface area contributed by atoms with Crippen molar-refractivity contribution < 1.29 is 9.53 Å². The van der Waals surface area contributed by atoms with Crippen molar-refractivity contribution >= 4 is 17.5 Å². The Labute approximate surface area is 125 Å². The van der Waals surface area contributed by atoms with Gasteiger partial charge in [-0.1, -0.05) is 37.1 Å². The maximum atomic E-state index is 11.9. The number of hydrogen-bond acceptors (Lipinski definition) is 3. The first kappa shape index (κ1) is 17.0. The van der Waals surface area contributed by atoms with E-state index in [2.05, 4.69) is 5.32 Å². The number of benzene rings is 1. The number of amides is 1. The Kier molecular flexibility index (Phi) is 6.99. The summed E-state index contributed by atoms with van der Waals surface area (Å²) < 4.78 is 5.48. The van der Waals surface area contributed by atoms with Crippen molar-refractivity contribution in [2.24, 2.45) is 5.73 Å². The fourth-order valence-electron chi connectivity index (χ4n) is 2.13. The molecule has 0 saturated heterocycles. The van der Waals surface area contributed by atoms with Crippen LogP contribution in [-0.2, 0) is 9.53 Å². The minimum atomic E-state index is -0.467. The lowest BCUT2D eigenvalue weighted by atomic mass is 10.0. The molecule has 0 fully saturated rings. The van der Waals surface area contributed by atoms with Crippen molar-refractivity contribution in [3.63, 3.8) is 0 Å². The van der Waals surface area contributed by atoms with Crippen LogP contribution in [0.25, 0.3) is 0 Å². The Bertz CT molecular complexity index is 422. The highest BCUT2D eigenvalue weighted by atomic mass is 35.5. The van der Waals surface area contributed by atoms with Gasteiger partial charge in [-0.2, -0.15) is 0 Å². The molecule has 0 spiro atoms. The molecule has 1 aromatic carbocycles. The molecule has 1 amide bonds. The quantitative estimate of drug-likeness (QED) is 0.813. The Morgan fingerprint density at radius 3 is 2.50 bits per heavy atom. The van der Waals surface area contributed by atoms with Crippen molar-refractivity contribution in [2.45, 2.75) is 44.9 Å². The van der Waals surface area contributed by atoms with Crippen molar-refractivity contribution in [3.8, 4) is 0 Å². The van der Waals surface area contributed by atoms with Gasteiger partial charge in [0, 0.05) is 12.1 Å². The molecule has 1 rings (SSSR count). The van der Waals surface area contributed by atoms with E-state index in [1.807, 2.05) is 26.0 Å². The van der Waals surface area contributed by atoms with Gasteiger partial charge in [-0.15, -0.1) is 0 Å². The van der Waals surface area contributed by atoms with E-state index in [0.29, 0.717) is 11.4 Å². The summed E-state index contributed by atoms with van der Waals surface area (Å²) in [5, 5.41) is 3.58. The van der Waals surface area contributed by atoms with Crippen molar-refractivity contribution in [3.05, 3.63) is 34.9 Å². The van der Waals surface area contributed by atoms with E-state index < -0.39 is 6.04 Å². The van der Waals surface area contributed by atoms with Gasteiger partial charge in [0.1, 0.15) is 6.10 Å². The first-order valence-electron chi connectivity index (χ1n) is 6.83. The van der Waals surface area contributed by atoms with Crippen LogP contribution in [0, 0.1) is 0 Å². The number of hydrogen-bond donors (Lipinski definition) is 2. The van der Waals surface area contributed by atoms with Crippen molar-refractivity contribution in [2.75, 3.05) is 7.11 Å². The number of halogens is 1. The molecule has 3 unspecified atom stereocenters. The number of methoxy groups -OCH3 is 1. The molecule has 112 valence electrons. The fourth-order valence-corrected chi connectivity index (χ4v) is 2.26. The maximum absolute atomic E-state index is 11.9. The number of rotatable bonds is 7. The highest BCUT2D eigenvalue weighted by molar-refractivity contribution is 6.30. The lowest BCUT2D eigenvalue weighted by molar-refractivity contribution is -0.124. The maximum Gasteiger partial charge on any atom is 0.237 e. The minimum Gasteiger partial charge on any atom is -0.375 e. The predicted octanol–water partition coefficient (Wildman–Crippen LogP) is 2.66. The zero-order chi connectivity index (χ0) is 15.1. The summed E-state index contributed by atoms with van der Waals surface area (Å²) >= 11 is 5.87. The summed E-state index contributed by atoms with van der Waals surface area (Å²) in [6.45, 7) is 3.90. The molecule has 0 aliphatic carbocycles. The van der Waals surface area contributed by atoms with E-state index in [1.165, 1.54) is 0 Å². The van der Waals surface area contributed by atoms with Crippen LogP contribution in [0.5, 0.6) is 0 Å². The molecule has 1 aromatic rings. The number of carbonyl (C=O) groups is 1. The highest BCUT2D eigenvalue weighted by Gasteiger charge is 2.22. The van der Waals surface area contributed by atoms with Crippen LogP contribution in [-0.4, -0.2) is 25.1 Å². The van der Waals surface area contributed by atoms with Gasteiger partial charge in [0.15, 0.2) is 0 Å². The van der Waals surface area contributed by atoms with Crippen LogP contribution in [0.2, 0.25) is 5.02 Å². The van der Waals surface area contributed by atoms with Gasteiger partial charge in [-0.25, -0.2) is 0 Å². The van der Waals surface area contributed by atoms with Crippen LogP contribution in [0.1, 0.15) is 38.4 Å². The molecular formula is C15H23ClN2O2. The Hall–Kier alpha value is -1.10. The minimum absolute atomic E-state index is 0.143. The normalized spacial score (nSPS) is 15.4. The Morgan fingerprint density at radius 2 is 2.00 bits per heavy atom. The first-order valence-corrected chi connectivity index (χ1v) is 7.21. The van der Waals surface area contributed by atoms with E-state index in [9.17, 15) is 4.79 Å². The van der Waals surface area contributed by atoms with Gasteiger partial charge in [-0.05, 0) is 31.0 Å². The SMILES string of the molecule is CCCC(N)C(=O)NC(C)C(OC)c1ccc(Cl)cc1. The van der Waals surface area contributed by atoms with Gasteiger partial charge in [0.05, 0.1) is 12.1 Å². The second-order valence-corrected chi connectivity index (χ2v) is 5.34. The van der Waals surface area contributed by atoms with Crippen molar-refractivity contribution in [1.29, 1.82) is 0 Å². The summed E-state index contributed by atoms with van der Waals surface area (Å²) in [6.07, 6.45) is 1.33. The summed E-state index contributed by atoms with van der Waals surface area (Å²) in [6, 6.07) is 6.76. The molecule has 0 bridgehead atoms. The number of carbonyl (C=O) groups excluding carboxylic acids is 1. The first-order chi connectivity index (χ1) is 9.49. The van der Waals surface area contributed by atoms with E-state index >= 15 is 0 Å². The Morgan fingerprint density at radius 1 is 1.40 bits per heavy atom. The average molecular weight is 299 g/mol. The molecular weight excluding hydrogens is 276 g/mol. The second-order valence-electron chi connectivity index (χ2n) is 4.90. The standard InChI is InChI=1S/C15H23ClN2O2/c1-4-5-13(17)15(19)18-10(2)14(20-3)11-6-8-12(16)9-7-11/h6-10,13-14H,4-5,17H2,1-3H3,(H,18,19). The predicted molar refractivity (Wildman–Crippen MR) is 81.7 cm³/mol. The van der Waals surface area contributed by atoms with Gasteiger partial charge < -0.3 is 15.8 Å². The van der Waals surface area contributed by atoms with Crippen LogP contribution < -0.4 is 11.1 Å². The smallest absolute Gasteiger partial charge is 0.237 e. The van der Waals surface area contributed by atoms with Gasteiger partial charge in [0.25, 0.3) is 0 Å². The topological polar surface area (TPSA) is 64.4 Å². The lowest BCUT2D eigenvalue weighted by Crippen LogP contribution is -2.46. The van der Waals surface area contributed by atoms with Crippen LogP contribution in [0.3, 0.4) is 0 Å². The zero-order valence-electron chi connectivity index (χ0n) is 12.2. The third-order valence-corrected chi connectivity index (χ3v) is 3.46. The third-order valence-electron chi connectivity index (χ3n) is 3.21. The molecule has 0 heterocycles. The van der Waals surface area contributed by atoms with E-state index in [-0.39, 0.29) is 18.1 Å². The molecule has 3 N–H and O–H groups in total. The van der Waals surface area contributed by atoms with Crippen molar-refractivity contribution in [1.82, 2.24) is 5.32 Å². The lowest BCUT2D eigenvalue weighted by Gasteiger charge is -2.25. The molecule has 0 radical (unpaired) electrons. The largest absolute Gasteiger partial charge is 0.375 e. The average Bonchev–Trinajstić information content (AvgIpc) is 2.42. The van der Waals surface area contributed by atoms with Crippen LogP contribution >= 0.6 is 11.6 Å². The van der Waals surface area contributed by atoms with E-state index in [4.69, 9.17) is 22.1 Å². The Balaban J connectivity index is 2.70. The molecule has 4 nitrogen and oxygen atoms in total. The summed E-state index contributed by atoms with van der Waals surface area (Å²) in [7, 11) is 1.62. The fraction of sp³-hybridized carbons (Fsp3) is 0.533. The van der Waals surface area contributed by atoms with Crippen LogP contribution in [0.15, 0.2) is 24.3 Å². The zero-order valence-corrected chi connectivity index (χ0v) is 13.0. The third kappa shape index (κ3) is 4.78. The van der Waals surface area contributed by atoms with Crippen LogP contribution in [0.4, 0.5) is 0 Å². The molecule has 3 atom stereocenters. The van der Waals surface area contributed by atoms with Gasteiger partial charge in [0.2, 0.25) is 5.91 Å². The highest BCUT2D eigenvalue weighted by Crippen LogP contribution is 2.22. The van der Waals surface area contributed by atoms with E-state index in [1.54, 1.807) is 19.2 Å². The summed E-state index contributed by atoms with van der Waals surface area (Å²) in [5.41, 5.74) is 6.77. The second kappa shape index (κ2) is 8.25. The monoisotopic (exact) mass is 298 g/mol. The molecule has 5 heteroatoms. The number of nitrogens with one attached hydrogen (secondary N) is 1. The molecule has 0 aromatic heterocycles. The van der Waals surface area contributed by atoms with Gasteiger partial charge >= 0.3 is 0 Å². The molecule has 20 heavy (non-hydrogen) atoms. The number of nitrogens with two attached hydrogens (primary N) is 1. The summed E-state index contributed by atoms with van der Waals surface area (Å²) in [4.78, 5) is 11.9. The molecule has 0 aliphatic heterocycles. The van der Waals surface area contributed by atoms with E-state index in [0.717, 1.165) is 12.0 Å².